The third-order valence-electron chi connectivity index (χ3n) is 2.40. The lowest BCUT2D eigenvalue weighted by Crippen LogP contribution is -2.28. The van der Waals surface area contributed by atoms with Crippen LogP contribution in [-0.4, -0.2) is 0 Å². The molecule has 1 unspecified atom stereocenters. The minimum absolute atomic E-state index is 0.0508. The summed E-state index contributed by atoms with van der Waals surface area (Å²) < 4.78 is 2.09. The van der Waals surface area contributed by atoms with Gasteiger partial charge in [0.1, 0.15) is 0 Å². The maximum absolute atomic E-state index is 6.13. The van der Waals surface area contributed by atoms with E-state index in [1.165, 1.54) is 0 Å². The van der Waals surface area contributed by atoms with Gasteiger partial charge in [0.2, 0.25) is 0 Å². The minimum Gasteiger partial charge on any atom is -0.271 e. The van der Waals surface area contributed by atoms with Gasteiger partial charge in [0.25, 0.3) is 0 Å². The Hall–Kier alpha value is 0.340. The molecule has 2 rings (SSSR count). The van der Waals surface area contributed by atoms with Gasteiger partial charge in [0.05, 0.1) is 11.1 Å². The predicted octanol–water partition coefficient (Wildman–Crippen LogP) is 4.32. The van der Waals surface area contributed by atoms with Crippen molar-refractivity contribution in [2.24, 2.45) is 5.84 Å². The van der Waals surface area contributed by atoms with Crippen LogP contribution < -0.4 is 11.3 Å². The predicted molar refractivity (Wildman–Crippen MR) is 85.4 cm³/mol. The Morgan fingerprint density at radius 3 is 2.71 bits per heavy atom. The highest BCUT2D eigenvalue weighted by Crippen LogP contribution is 2.32. The molecule has 0 aliphatic carbocycles. The summed E-state index contributed by atoms with van der Waals surface area (Å²) in [5.41, 5.74) is 5.00. The van der Waals surface area contributed by atoms with Crippen molar-refractivity contribution in [2.75, 3.05) is 0 Å². The second-order valence-corrected chi connectivity index (χ2v) is 6.62. The molecule has 1 aromatic heterocycles. The lowest BCUT2D eigenvalue weighted by atomic mass is 10.0. The molecule has 3 N–H and O–H groups in total. The summed E-state index contributed by atoms with van der Waals surface area (Å²) in [7, 11) is 0. The van der Waals surface area contributed by atoms with E-state index in [4.69, 9.17) is 17.4 Å². The molecule has 1 atom stereocenters. The van der Waals surface area contributed by atoms with E-state index in [1.807, 2.05) is 23.6 Å². The fraction of sp³-hybridized carbons (Fsp3) is 0.0909. The van der Waals surface area contributed by atoms with Crippen molar-refractivity contribution in [1.82, 2.24) is 5.43 Å². The first-order valence-electron chi connectivity index (χ1n) is 4.76. The van der Waals surface area contributed by atoms with Gasteiger partial charge in [-0.25, -0.2) is 5.43 Å². The van der Waals surface area contributed by atoms with Gasteiger partial charge < -0.3 is 0 Å². The molecule has 0 radical (unpaired) electrons. The maximum Gasteiger partial charge on any atom is 0.0729 e. The Morgan fingerprint density at radius 1 is 1.41 bits per heavy atom. The second-order valence-electron chi connectivity index (χ2n) is 3.45. The van der Waals surface area contributed by atoms with Gasteiger partial charge in [0, 0.05) is 13.4 Å². The van der Waals surface area contributed by atoms with Gasteiger partial charge in [-0.05, 0) is 67.2 Å². The van der Waals surface area contributed by atoms with Crippen LogP contribution in [0.15, 0.2) is 33.4 Å². The zero-order valence-corrected chi connectivity index (χ0v) is 13.9. The Morgan fingerprint density at radius 2 is 2.18 bits per heavy atom. The summed E-state index contributed by atoms with van der Waals surface area (Å²) in [5, 5.41) is 4.85. The topological polar surface area (TPSA) is 38.0 Å². The summed E-state index contributed by atoms with van der Waals surface area (Å²) in [4.78, 5) is 0. The fourth-order valence-corrected chi connectivity index (χ4v) is 3.63. The van der Waals surface area contributed by atoms with Crippen LogP contribution in [0.5, 0.6) is 0 Å². The van der Waals surface area contributed by atoms with E-state index < -0.39 is 0 Å². The van der Waals surface area contributed by atoms with E-state index >= 15 is 0 Å². The summed E-state index contributed by atoms with van der Waals surface area (Å²) in [6.07, 6.45) is 0. The molecule has 6 heteroatoms. The van der Waals surface area contributed by atoms with Gasteiger partial charge in [-0.1, -0.05) is 17.7 Å². The zero-order valence-electron chi connectivity index (χ0n) is 8.58. The lowest BCUT2D eigenvalue weighted by Gasteiger charge is -2.16. The zero-order chi connectivity index (χ0) is 12.4. The van der Waals surface area contributed by atoms with E-state index in [9.17, 15) is 0 Å². The normalized spacial score (nSPS) is 12.7. The first-order valence-corrected chi connectivity index (χ1v) is 7.95. The molecule has 0 spiro atoms. The Kier molecular flexibility index (Phi) is 4.85. The molecular weight excluding hydrogens is 434 g/mol. The molecule has 0 aliphatic rings. The average molecular weight is 444 g/mol. The van der Waals surface area contributed by atoms with Crippen LogP contribution >= 0.6 is 61.5 Å². The van der Waals surface area contributed by atoms with Gasteiger partial charge in [0.15, 0.2) is 0 Å². The molecule has 2 nitrogen and oxygen atoms in total. The van der Waals surface area contributed by atoms with Crippen LogP contribution in [0.1, 0.15) is 17.2 Å². The summed E-state index contributed by atoms with van der Waals surface area (Å²) in [5.74, 6) is 5.64. The highest BCUT2D eigenvalue weighted by molar-refractivity contribution is 14.1. The Bertz CT molecular complexity index is 532. The fourth-order valence-electron chi connectivity index (χ4n) is 1.55. The third kappa shape index (κ3) is 3.02. The second kappa shape index (κ2) is 5.99. The molecule has 0 saturated heterocycles. The number of rotatable bonds is 3. The van der Waals surface area contributed by atoms with Crippen molar-refractivity contribution in [3.05, 3.63) is 53.2 Å². The van der Waals surface area contributed by atoms with E-state index in [0.717, 1.165) is 24.2 Å². The van der Waals surface area contributed by atoms with Crippen LogP contribution in [0, 0.1) is 3.57 Å². The quantitative estimate of drug-likeness (QED) is 0.421. The largest absolute Gasteiger partial charge is 0.271 e. The van der Waals surface area contributed by atoms with Crippen molar-refractivity contribution >= 4 is 61.5 Å². The van der Waals surface area contributed by atoms with Crippen molar-refractivity contribution in [1.29, 1.82) is 0 Å². The molecule has 0 saturated carbocycles. The van der Waals surface area contributed by atoms with Crippen LogP contribution in [0.2, 0.25) is 5.02 Å². The molecule has 17 heavy (non-hydrogen) atoms. The molecule has 0 bridgehead atoms. The minimum atomic E-state index is -0.0508. The number of nitrogens with two attached hydrogens (primary N) is 1. The van der Waals surface area contributed by atoms with Crippen LogP contribution in [0.4, 0.5) is 0 Å². The Balaban J connectivity index is 2.42. The number of nitrogens with one attached hydrogen (secondary N) is 1. The van der Waals surface area contributed by atoms with Crippen LogP contribution in [-0.2, 0) is 0 Å². The molecule has 0 fully saturated rings. The van der Waals surface area contributed by atoms with Crippen molar-refractivity contribution in [3.8, 4) is 0 Å². The number of hydrogen-bond acceptors (Lipinski definition) is 3. The summed E-state index contributed by atoms with van der Waals surface area (Å²) in [6.45, 7) is 0. The van der Waals surface area contributed by atoms with Crippen molar-refractivity contribution in [2.45, 2.75) is 6.04 Å². The summed E-state index contributed by atoms with van der Waals surface area (Å²) >= 11 is 13.5. The molecule has 90 valence electrons. The van der Waals surface area contributed by atoms with Crippen LogP contribution in [0.25, 0.3) is 0 Å². The molecular formula is C11H9BrClIN2S. The van der Waals surface area contributed by atoms with E-state index in [2.05, 4.69) is 49.3 Å². The van der Waals surface area contributed by atoms with Crippen molar-refractivity contribution < 1.29 is 0 Å². The van der Waals surface area contributed by atoms with E-state index in [0.29, 0.717) is 0 Å². The molecule has 0 aliphatic heterocycles. The molecule has 2 aromatic rings. The number of thiophene rings is 1. The van der Waals surface area contributed by atoms with Gasteiger partial charge in [-0.15, -0.1) is 0 Å². The first-order chi connectivity index (χ1) is 8.13. The molecule has 1 heterocycles. The molecule has 1 aromatic carbocycles. The van der Waals surface area contributed by atoms with Gasteiger partial charge in [-0.2, -0.15) is 11.3 Å². The van der Waals surface area contributed by atoms with E-state index in [-0.39, 0.29) is 6.04 Å². The smallest absolute Gasteiger partial charge is 0.0729 e. The highest BCUT2D eigenvalue weighted by atomic mass is 127. The number of halogens is 3. The third-order valence-corrected chi connectivity index (χ3v) is 5.72. The lowest BCUT2D eigenvalue weighted by molar-refractivity contribution is 0.636. The monoisotopic (exact) mass is 442 g/mol. The standard InChI is InChI=1S/C11H9BrClIN2S/c12-8-5-17-4-7(8)11(16-15)6-1-2-10(14)9(13)3-6/h1-5,11,16H,15H2. The molecule has 0 amide bonds. The average Bonchev–Trinajstić information content (AvgIpc) is 2.71. The number of hydrogen-bond donors (Lipinski definition) is 2. The number of benzene rings is 1. The van der Waals surface area contributed by atoms with Gasteiger partial charge in [-0.3, -0.25) is 5.84 Å². The van der Waals surface area contributed by atoms with Crippen LogP contribution in [0.3, 0.4) is 0 Å². The van der Waals surface area contributed by atoms with E-state index in [1.54, 1.807) is 11.3 Å². The first kappa shape index (κ1) is 13.8. The Labute approximate surface area is 131 Å². The summed E-state index contributed by atoms with van der Waals surface area (Å²) in [6, 6.07) is 5.91. The van der Waals surface area contributed by atoms with Gasteiger partial charge >= 0.3 is 0 Å². The maximum atomic E-state index is 6.13. The highest BCUT2D eigenvalue weighted by Gasteiger charge is 2.16. The van der Waals surface area contributed by atoms with Crippen molar-refractivity contribution in [3.63, 3.8) is 0 Å². The number of hydrazine groups is 1. The SMILES string of the molecule is NNC(c1ccc(I)c(Cl)c1)c1cscc1Br.